The SMILES string of the molecule is C[C@@H](NC(=O)c1ccccn1)[C@@H]1C[C@@H]1c1ccc(C(F)(F)F)cc1. The number of benzene rings is 1. The van der Waals surface area contributed by atoms with Gasteiger partial charge in [0, 0.05) is 12.2 Å². The molecule has 6 heteroatoms. The molecule has 1 heterocycles. The molecule has 3 rings (SSSR count). The second-order valence-electron chi connectivity index (χ2n) is 6.10. The van der Waals surface area contributed by atoms with Gasteiger partial charge in [-0.3, -0.25) is 9.78 Å². The number of carbonyl (C=O) groups is 1. The van der Waals surface area contributed by atoms with E-state index in [-0.39, 0.29) is 23.8 Å². The molecule has 3 atom stereocenters. The molecular formula is C18H17F3N2O. The van der Waals surface area contributed by atoms with Crippen LogP contribution in [0.4, 0.5) is 13.2 Å². The van der Waals surface area contributed by atoms with Crippen LogP contribution in [0, 0.1) is 5.92 Å². The first-order chi connectivity index (χ1) is 11.4. The molecule has 1 amide bonds. The van der Waals surface area contributed by atoms with E-state index in [2.05, 4.69) is 10.3 Å². The van der Waals surface area contributed by atoms with Crippen LogP contribution in [-0.2, 0) is 6.18 Å². The highest BCUT2D eigenvalue weighted by atomic mass is 19.4. The molecule has 1 aliphatic rings. The maximum Gasteiger partial charge on any atom is 0.416 e. The van der Waals surface area contributed by atoms with Crippen molar-refractivity contribution in [1.82, 2.24) is 10.3 Å². The minimum atomic E-state index is -4.31. The fraction of sp³-hybridized carbons (Fsp3) is 0.333. The summed E-state index contributed by atoms with van der Waals surface area (Å²) >= 11 is 0. The third-order valence-corrected chi connectivity index (χ3v) is 4.40. The summed E-state index contributed by atoms with van der Waals surface area (Å²) in [6, 6.07) is 10.3. The minimum Gasteiger partial charge on any atom is -0.348 e. The molecular weight excluding hydrogens is 317 g/mol. The van der Waals surface area contributed by atoms with E-state index in [1.54, 1.807) is 24.4 Å². The zero-order chi connectivity index (χ0) is 17.3. The van der Waals surface area contributed by atoms with E-state index in [0.29, 0.717) is 5.69 Å². The van der Waals surface area contributed by atoms with Crippen molar-refractivity contribution in [3.63, 3.8) is 0 Å². The Kier molecular flexibility index (Phi) is 4.30. The maximum atomic E-state index is 12.6. The number of aromatic nitrogens is 1. The van der Waals surface area contributed by atoms with Gasteiger partial charge in [-0.25, -0.2) is 0 Å². The lowest BCUT2D eigenvalue weighted by Gasteiger charge is -2.14. The topological polar surface area (TPSA) is 42.0 Å². The zero-order valence-corrected chi connectivity index (χ0v) is 13.0. The summed E-state index contributed by atoms with van der Waals surface area (Å²) in [4.78, 5) is 16.1. The number of nitrogens with one attached hydrogen (secondary N) is 1. The van der Waals surface area contributed by atoms with Crippen LogP contribution in [0.1, 0.15) is 40.9 Å². The fourth-order valence-electron chi connectivity index (χ4n) is 2.95. The standard InChI is InChI=1S/C18H17F3N2O/c1-11(23-17(24)16-4-2-3-9-22-16)14-10-15(14)12-5-7-13(8-6-12)18(19,20)21/h2-9,11,14-15H,10H2,1H3,(H,23,24)/t11-,14+,15-/m1/s1. The van der Waals surface area contributed by atoms with Gasteiger partial charge in [-0.05, 0) is 55.0 Å². The van der Waals surface area contributed by atoms with Crippen molar-refractivity contribution in [1.29, 1.82) is 0 Å². The number of alkyl halides is 3. The molecule has 1 saturated carbocycles. The molecule has 1 aromatic heterocycles. The van der Waals surface area contributed by atoms with Crippen molar-refractivity contribution in [2.45, 2.75) is 31.5 Å². The normalized spacial score (nSPS) is 21.2. The van der Waals surface area contributed by atoms with Crippen LogP contribution < -0.4 is 5.32 Å². The molecule has 24 heavy (non-hydrogen) atoms. The minimum absolute atomic E-state index is 0.0631. The van der Waals surface area contributed by atoms with Crippen LogP contribution in [0.5, 0.6) is 0 Å². The predicted molar refractivity (Wildman–Crippen MR) is 83.5 cm³/mol. The largest absolute Gasteiger partial charge is 0.416 e. The van der Waals surface area contributed by atoms with Crippen molar-refractivity contribution in [3.05, 3.63) is 65.5 Å². The third-order valence-electron chi connectivity index (χ3n) is 4.40. The zero-order valence-electron chi connectivity index (χ0n) is 13.0. The molecule has 0 aliphatic heterocycles. The Morgan fingerprint density at radius 3 is 2.50 bits per heavy atom. The van der Waals surface area contributed by atoms with Gasteiger partial charge in [0.05, 0.1) is 5.56 Å². The fourth-order valence-corrected chi connectivity index (χ4v) is 2.95. The summed E-state index contributed by atoms with van der Waals surface area (Å²) in [5.74, 6) is 0.182. The molecule has 126 valence electrons. The number of rotatable bonds is 4. The third kappa shape index (κ3) is 3.58. The molecule has 1 N–H and O–H groups in total. The van der Waals surface area contributed by atoms with Crippen molar-refractivity contribution in [2.24, 2.45) is 5.92 Å². The molecule has 1 aromatic carbocycles. The van der Waals surface area contributed by atoms with E-state index in [1.165, 1.54) is 12.1 Å². The van der Waals surface area contributed by atoms with E-state index >= 15 is 0 Å². The summed E-state index contributed by atoms with van der Waals surface area (Å²) in [6.07, 6.45) is -1.90. The molecule has 1 fully saturated rings. The lowest BCUT2D eigenvalue weighted by atomic mass is 10.0. The predicted octanol–water partition coefficient (Wildman–Crippen LogP) is 4.02. The van der Waals surface area contributed by atoms with Crippen LogP contribution in [0.3, 0.4) is 0 Å². The lowest BCUT2D eigenvalue weighted by Crippen LogP contribution is -2.34. The Labute approximate surface area is 137 Å². The number of amides is 1. The Balaban J connectivity index is 1.59. The van der Waals surface area contributed by atoms with Gasteiger partial charge in [-0.2, -0.15) is 13.2 Å². The summed E-state index contributed by atoms with van der Waals surface area (Å²) in [5.41, 5.74) is 0.600. The second kappa shape index (κ2) is 6.26. The molecule has 0 spiro atoms. The molecule has 0 saturated heterocycles. The molecule has 0 radical (unpaired) electrons. The molecule has 0 bridgehead atoms. The summed E-state index contributed by atoms with van der Waals surface area (Å²) in [5, 5.41) is 2.91. The summed E-state index contributed by atoms with van der Waals surface area (Å²) in [7, 11) is 0. The van der Waals surface area contributed by atoms with Gasteiger partial charge in [0.1, 0.15) is 5.69 Å². The van der Waals surface area contributed by atoms with E-state index < -0.39 is 11.7 Å². The molecule has 3 nitrogen and oxygen atoms in total. The van der Waals surface area contributed by atoms with Gasteiger partial charge in [0.2, 0.25) is 0 Å². The Bertz CT molecular complexity index is 713. The highest BCUT2D eigenvalue weighted by Crippen LogP contribution is 2.49. The smallest absolute Gasteiger partial charge is 0.348 e. The van der Waals surface area contributed by atoms with Crippen LogP contribution in [0.2, 0.25) is 0 Å². The molecule has 2 aromatic rings. The number of hydrogen-bond donors (Lipinski definition) is 1. The van der Waals surface area contributed by atoms with Crippen molar-refractivity contribution < 1.29 is 18.0 Å². The monoisotopic (exact) mass is 334 g/mol. The van der Waals surface area contributed by atoms with Gasteiger partial charge < -0.3 is 5.32 Å². The van der Waals surface area contributed by atoms with E-state index in [1.807, 2.05) is 6.92 Å². The highest BCUT2D eigenvalue weighted by molar-refractivity contribution is 5.92. The number of hydrogen-bond acceptors (Lipinski definition) is 2. The maximum absolute atomic E-state index is 12.6. The molecule has 0 unspecified atom stereocenters. The Morgan fingerprint density at radius 1 is 1.21 bits per heavy atom. The first kappa shape index (κ1) is 16.5. The average Bonchev–Trinajstić information content (AvgIpc) is 3.36. The second-order valence-corrected chi connectivity index (χ2v) is 6.10. The van der Waals surface area contributed by atoms with Gasteiger partial charge >= 0.3 is 6.18 Å². The van der Waals surface area contributed by atoms with Crippen LogP contribution in [-0.4, -0.2) is 16.9 Å². The van der Waals surface area contributed by atoms with Crippen LogP contribution in [0.15, 0.2) is 48.7 Å². The Hall–Kier alpha value is -2.37. The van der Waals surface area contributed by atoms with Crippen molar-refractivity contribution in [2.75, 3.05) is 0 Å². The first-order valence-electron chi connectivity index (χ1n) is 7.75. The number of nitrogens with zero attached hydrogens (tertiary/aromatic N) is 1. The quantitative estimate of drug-likeness (QED) is 0.917. The number of halogens is 3. The summed E-state index contributed by atoms with van der Waals surface area (Å²) < 4.78 is 37.8. The van der Waals surface area contributed by atoms with Gasteiger partial charge in [0.15, 0.2) is 0 Å². The Morgan fingerprint density at radius 2 is 1.92 bits per heavy atom. The van der Waals surface area contributed by atoms with Crippen LogP contribution in [0.25, 0.3) is 0 Å². The van der Waals surface area contributed by atoms with Crippen LogP contribution >= 0.6 is 0 Å². The number of carbonyl (C=O) groups excluding carboxylic acids is 1. The average molecular weight is 334 g/mol. The van der Waals surface area contributed by atoms with Gasteiger partial charge in [-0.1, -0.05) is 18.2 Å². The van der Waals surface area contributed by atoms with E-state index in [4.69, 9.17) is 0 Å². The van der Waals surface area contributed by atoms with Crippen molar-refractivity contribution in [3.8, 4) is 0 Å². The highest BCUT2D eigenvalue weighted by Gasteiger charge is 2.43. The van der Waals surface area contributed by atoms with Crippen molar-refractivity contribution >= 4 is 5.91 Å². The summed E-state index contributed by atoms with van der Waals surface area (Å²) in [6.45, 7) is 1.91. The van der Waals surface area contributed by atoms with E-state index in [9.17, 15) is 18.0 Å². The van der Waals surface area contributed by atoms with E-state index in [0.717, 1.165) is 24.1 Å². The van der Waals surface area contributed by atoms with Gasteiger partial charge in [-0.15, -0.1) is 0 Å². The van der Waals surface area contributed by atoms with Gasteiger partial charge in [0.25, 0.3) is 5.91 Å². The first-order valence-corrected chi connectivity index (χ1v) is 7.75. The molecule has 1 aliphatic carbocycles. The number of pyridine rings is 1. The lowest BCUT2D eigenvalue weighted by molar-refractivity contribution is -0.137.